The summed E-state index contributed by atoms with van der Waals surface area (Å²) in [6.45, 7) is 0.665. The molecule has 0 spiro atoms. The van der Waals surface area contributed by atoms with Gasteiger partial charge in [0.05, 0.1) is 28.3 Å². The van der Waals surface area contributed by atoms with Crippen LogP contribution in [0.25, 0.3) is 33.5 Å². The second-order valence-corrected chi connectivity index (χ2v) is 6.93. The monoisotopic (exact) mass is 401 g/mol. The first-order valence-electron chi connectivity index (χ1n) is 9.17. The SMILES string of the molecule is Clc1cccc2cc(CCNc3ncnc4nc[nH]c34)c(-c3ccccn3)nc12. The van der Waals surface area contributed by atoms with Crippen molar-refractivity contribution in [1.82, 2.24) is 29.9 Å². The topological polar surface area (TPSA) is 92.3 Å². The molecule has 0 aliphatic rings. The van der Waals surface area contributed by atoms with Gasteiger partial charge in [-0.1, -0.05) is 29.8 Å². The number of benzene rings is 1. The molecule has 142 valence electrons. The maximum atomic E-state index is 6.38. The Labute approximate surface area is 171 Å². The Morgan fingerprint density at radius 1 is 1.00 bits per heavy atom. The average molecular weight is 402 g/mol. The number of nitrogens with one attached hydrogen (secondary N) is 2. The molecule has 29 heavy (non-hydrogen) atoms. The summed E-state index contributed by atoms with van der Waals surface area (Å²) in [4.78, 5) is 25.0. The number of nitrogens with zero attached hydrogens (tertiary/aromatic N) is 5. The number of fused-ring (bicyclic) bond motifs is 2. The maximum absolute atomic E-state index is 6.38. The fourth-order valence-electron chi connectivity index (χ4n) is 3.34. The lowest BCUT2D eigenvalue weighted by Gasteiger charge is -2.12. The second-order valence-electron chi connectivity index (χ2n) is 6.52. The van der Waals surface area contributed by atoms with E-state index in [4.69, 9.17) is 16.6 Å². The van der Waals surface area contributed by atoms with Crippen LogP contribution in [-0.4, -0.2) is 36.4 Å². The lowest BCUT2D eigenvalue weighted by molar-refractivity contribution is 0.998. The summed E-state index contributed by atoms with van der Waals surface area (Å²) in [6.07, 6.45) is 5.62. The van der Waals surface area contributed by atoms with E-state index in [-0.39, 0.29) is 0 Å². The number of anilines is 1. The van der Waals surface area contributed by atoms with Crippen molar-refractivity contribution in [3.63, 3.8) is 0 Å². The van der Waals surface area contributed by atoms with Crippen molar-refractivity contribution in [2.75, 3.05) is 11.9 Å². The minimum Gasteiger partial charge on any atom is -0.368 e. The van der Waals surface area contributed by atoms with E-state index in [2.05, 4.69) is 36.3 Å². The van der Waals surface area contributed by atoms with Crippen molar-refractivity contribution >= 4 is 39.5 Å². The van der Waals surface area contributed by atoms with Gasteiger partial charge in [0.15, 0.2) is 11.5 Å². The number of rotatable bonds is 5. The highest BCUT2D eigenvalue weighted by atomic mass is 35.5. The molecule has 7 nitrogen and oxygen atoms in total. The molecule has 0 saturated heterocycles. The van der Waals surface area contributed by atoms with Crippen LogP contribution in [0.4, 0.5) is 5.82 Å². The predicted octanol–water partition coefficient (Wildman–Crippen LogP) is 4.27. The number of H-pyrrole nitrogens is 1. The van der Waals surface area contributed by atoms with Crippen LogP contribution in [0.1, 0.15) is 5.56 Å². The first-order valence-corrected chi connectivity index (χ1v) is 9.55. The largest absolute Gasteiger partial charge is 0.368 e. The van der Waals surface area contributed by atoms with Crippen molar-refractivity contribution in [2.45, 2.75) is 6.42 Å². The first-order chi connectivity index (χ1) is 14.3. The minimum absolute atomic E-state index is 0.631. The highest BCUT2D eigenvalue weighted by molar-refractivity contribution is 6.35. The molecule has 4 heterocycles. The van der Waals surface area contributed by atoms with Crippen molar-refractivity contribution < 1.29 is 0 Å². The molecule has 5 aromatic rings. The Kier molecular flexibility index (Phi) is 4.50. The van der Waals surface area contributed by atoms with Crippen molar-refractivity contribution in [3.05, 3.63) is 71.9 Å². The summed E-state index contributed by atoms with van der Waals surface area (Å²) in [5.74, 6) is 0.726. The number of aromatic amines is 1. The molecule has 0 fully saturated rings. The van der Waals surface area contributed by atoms with Gasteiger partial charge in [0.2, 0.25) is 0 Å². The summed E-state index contributed by atoms with van der Waals surface area (Å²) < 4.78 is 0. The van der Waals surface area contributed by atoms with Gasteiger partial charge in [-0.05, 0) is 36.2 Å². The Morgan fingerprint density at radius 3 is 2.86 bits per heavy atom. The fraction of sp³-hybridized carbons (Fsp3) is 0.0952. The first kappa shape index (κ1) is 17.5. The maximum Gasteiger partial charge on any atom is 0.182 e. The highest BCUT2D eigenvalue weighted by Crippen LogP contribution is 2.28. The van der Waals surface area contributed by atoms with Gasteiger partial charge in [-0.2, -0.15) is 0 Å². The molecule has 0 aliphatic heterocycles. The van der Waals surface area contributed by atoms with Gasteiger partial charge in [0.1, 0.15) is 11.8 Å². The number of aromatic nitrogens is 6. The third kappa shape index (κ3) is 3.36. The molecule has 0 unspecified atom stereocenters. The standard InChI is InChI=1S/C21H16ClN7/c22-15-5-3-4-13-10-14(18(29-17(13)15)16-6-1-2-8-23-16)7-9-24-20-19-21(26-11-25-19)28-12-27-20/h1-6,8,10-12H,7,9H2,(H2,24,25,26,27,28). The van der Waals surface area contributed by atoms with E-state index in [1.165, 1.54) is 6.33 Å². The van der Waals surface area contributed by atoms with Crippen LogP contribution in [0, 0.1) is 0 Å². The van der Waals surface area contributed by atoms with E-state index in [9.17, 15) is 0 Å². The normalized spacial score (nSPS) is 11.2. The molecule has 1 aromatic carbocycles. The zero-order valence-electron chi connectivity index (χ0n) is 15.3. The summed E-state index contributed by atoms with van der Waals surface area (Å²) in [6, 6.07) is 13.7. The van der Waals surface area contributed by atoms with Crippen LogP contribution in [0.3, 0.4) is 0 Å². The molecule has 0 amide bonds. The van der Waals surface area contributed by atoms with Gasteiger partial charge in [-0.3, -0.25) is 4.98 Å². The molecule has 0 radical (unpaired) electrons. The average Bonchev–Trinajstić information content (AvgIpc) is 3.24. The number of pyridine rings is 2. The van der Waals surface area contributed by atoms with Gasteiger partial charge in [-0.25, -0.2) is 19.9 Å². The number of hydrogen-bond donors (Lipinski definition) is 2. The molecule has 0 saturated carbocycles. The van der Waals surface area contributed by atoms with E-state index >= 15 is 0 Å². The molecular weight excluding hydrogens is 386 g/mol. The van der Waals surface area contributed by atoms with Gasteiger partial charge >= 0.3 is 0 Å². The third-order valence-corrected chi connectivity index (χ3v) is 5.00. The quantitative estimate of drug-likeness (QED) is 0.457. The second kappa shape index (κ2) is 7.44. The van der Waals surface area contributed by atoms with E-state index in [1.54, 1.807) is 12.5 Å². The molecule has 0 bridgehead atoms. The summed E-state index contributed by atoms with van der Waals surface area (Å²) in [5, 5.41) is 5.00. The minimum atomic E-state index is 0.631. The molecule has 0 aliphatic carbocycles. The van der Waals surface area contributed by atoms with Gasteiger partial charge in [0.25, 0.3) is 0 Å². The molecule has 5 rings (SSSR count). The van der Waals surface area contributed by atoms with E-state index < -0.39 is 0 Å². The Bertz CT molecular complexity index is 1300. The van der Waals surface area contributed by atoms with E-state index in [1.807, 2.05) is 36.4 Å². The zero-order chi connectivity index (χ0) is 19.6. The molecule has 2 N–H and O–H groups in total. The van der Waals surface area contributed by atoms with Gasteiger partial charge in [0, 0.05) is 18.1 Å². The fourth-order valence-corrected chi connectivity index (χ4v) is 3.56. The van der Waals surface area contributed by atoms with Crippen molar-refractivity contribution in [1.29, 1.82) is 0 Å². The lowest BCUT2D eigenvalue weighted by Crippen LogP contribution is -2.09. The predicted molar refractivity (Wildman–Crippen MR) is 114 cm³/mol. The van der Waals surface area contributed by atoms with Crippen molar-refractivity contribution in [3.8, 4) is 11.4 Å². The van der Waals surface area contributed by atoms with E-state index in [0.717, 1.165) is 45.6 Å². The molecular formula is C21H16ClN7. The Morgan fingerprint density at radius 2 is 1.97 bits per heavy atom. The van der Waals surface area contributed by atoms with Crippen LogP contribution < -0.4 is 5.32 Å². The van der Waals surface area contributed by atoms with Crippen LogP contribution in [-0.2, 0) is 6.42 Å². The number of halogens is 1. The van der Waals surface area contributed by atoms with E-state index in [0.29, 0.717) is 17.2 Å². The summed E-state index contributed by atoms with van der Waals surface area (Å²) in [5.41, 5.74) is 4.95. The van der Waals surface area contributed by atoms with Crippen LogP contribution in [0.2, 0.25) is 5.02 Å². The van der Waals surface area contributed by atoms with Crippen molar-refractivity contribution in [2.24, 2.45) is 0 Å². The molecule has 8 heteroatoms. The molecule has 4 aromatic heterocycles. The lowest BCUT2D eigenvalue weighted by atomic mass is 10.0. The number of para-hydroxylation sites is 1. The third-order valence-electron chi connectivity index (χ3n) is 4.69. The smallest absolute Gasteiger partial charge is 0.182 e. The summed E-state index contributed by atoms with van der Waals surface area (Å²) >= 11 is 6.38. The number of imidazole rings is 1. The summed E-state index contributed by atoms with van der Waals surface area (Å²) in [7, 11) is 0. The van der Waals surface area contributed by atoms with Crippen LogP contribution in [0.5, 0.6) is 0 Å². The highest BCUT2D eigenvalue weighted by Gasteiger charge is 2.13. The van der Waals surface area contributed by atoms with Gasteiger partial charge in [-0.15, -0.1) is 0 Å². The molecule has 0 atom stereocenters. The Balaban J connectivity index is 1.49. The van der Waals surface area contributed by atoms with Crippen LogP contribution >= 0.6 is 11.6 Å². The van der Waals surface area contributed by atoms with Crippen LogP contribution in [0.15, 0.2) is 61.3 Å². The number of hydrogen-bond acceptors (Lipinski definition) is 6. The van der Waals surface area contributed by atoms with Gasteiger partial charge < -0.3 is 10.3 Å². The zero-order valence-corrected chi connectivity index (χ0v) is 16.1. The Hall–Kier alpha value is -3.58.